The zero-order chi connectivity index (χ0) is 10.8. The summed E-state index contributed by atoms with van der Waals surface area (Å²) in [6.45, 7) is 2.82. The van der Waals surface area contributed by atoms with Gasteiger partial charge >= 0.3 is 0 Å². The molecule has 6 nitrogen and oxygen atoms in total. The quantitative estimate of drug-likeness (QED) is 0.513. The van der Waals surface area contributed by atoms with Crippen molar-refractivity contribution >= 4 is 7.12 Å². The predicted octanol–water partition coefficient (Wildman–Crippen LogP) is -1.29. The zero-order valence-corrected chi connectivity index (χ0v) is 9.13. The van der Waals surface area contributed by atoms with Crippen LogP contribution in [0.25, 0.3) is 0 Å². The molecule has 3 heterocycles. The lowest BCUT2D eigenvalue weighted by Gasteiger charge is -2.48. The van der Waals surface area contributed by atoms with Gasteiger partial charge in [-0.3, -0.25) is 0 Å². The fourth-order valence-electron chi connectivity index (χ4n) is 2.38. The highest BCUT2D eigenvalue weighted by atomic mass is 15.7. The SMILES string of the molecule is C1=CNN([BH-](N2CC=CN2)N2CC=CN2)C1. The molecule has 0 spiro atoms. The normalized spacial score (nSPS) is 25.3. The van der Waals surface area contributed by atoms with Gasteiger partial charge in [-0.05, 0) is 19.6 Å². The monoisotopic (exact) mass is 219 g/mol. The van der Waals surface area contributed by atoms with Crippen LogP contribution < -0.4 is 16.3 Å². The van der Waals surface area contributed by atoms with E-state index >= 15 is 0 Å². The third-order valence-corrected chi connectivity index (χ3v) is 3.13. The molecule has 0 aromatic rings. The van der Waals surface area contributed by atoms with Crippen molar-refractivity contribution in [1.29, 1.82) is 0 Å². The fraction of sp³-hybridized carbons (Fsp3) is 0.333. The van der Waals surface area contributed by atoms with Crippen molar-refractivity contribution < 1.29 is 0 Å². The van der Waals surface area contributed by atoms with Crippen molar-refractivity contribution in [3.63, 3.8) is 0 Å². The molecule has 0 radical (unpaired) electrons. The Morgan fingerprint density at radius 2 is 1.06 bits per heavy atom. The van der Waals surface area contributed by atoms with Gasteiger partial charge in [0.1, 0.15) is 0 Å². The number of rotatable bonds is 3. The molecule has 3 aliphatic heterocycles. The molecule has 0 aromatic heterocycles. The predicted molar refractivity (Wildman–Crippen MR) is 64.1 cm³/mol. The van der Waals surface area contributed by atoms with E-state index in [2.05, 4.69) is 49.3 Å². The molecule has 86 valence electrons. The molecule has 0 fully saturated rings. The molecule has 0 atom stereocenters. The number of nitrogens with one attached hydrogen (secondary N) is 3. The molecule has 3 N–H and O–H groups in total. The van der Waals surface area contributed by atoms with Crippen molar-refractivity contribution in [3.8, 4) is 0 Å². The van der Waals surface area contributed by atoms with E-state index in [1.165, 1.54) is 0 Å². The molecular weight excluding hydrogens is 203 g/mol. The van der Waals surface area contributed by atoms with E-state index in [0.717, 1.165) is 19.6 Å². The minimum atomic E-state index is -0.792. The topological polar surface area (TPSA) is 45.8 Å². The summed E-state index contributed by atoms with van der Waals surface area (Å²) in [4.78, 5) is 6.75. The lowest BCUT2D eigenvalue weighted by Crippen LogP contribution is -2.68. The second kappa shape index (κ2) is 4.21. The first-order valence-corrected chi connectivity index (χ1v) is 5.66. The van der Waals surface area contributed by atoms with Crippen molar-refractivity contribution in [3.05, 3.63) is 36.8 Å². The average molecular weight is 219 g/mol. The lowest BCUT2D eigenvalue weighted by molar-refractivity contribution is 0.251. The van der Waals surface area contributed by atoms with Crippen LogP contribution in [-0.4, -0.2) is 41.5 Å². The van der Waals surface area contributed by atoms with Crippen LogP contribution in [0.3, 0.4) is 0 Å². The van der Waals surface area contributed by atoms with Crippen LogP contribution in [-0.2, 0) is 0 Å². The van der Waals surface area contributed by atoms with E-state index < -0.39 is 7.12 Å². The first-order chi connectivity index (χ1) is 7.95. The number of nitrogens with zero attached hydrogens (tertiary/aromatic N) is 3. The third-order valence-electron chi connectivity index (χ3n) is 3.13. The summed E-state index contributed by atoms with van der Waals surface area (Å²) < 4.78 is 0. The van der Waals surface area contributed by atoms with Crippen LogP contribution >= 0.6 is 0 Å². The number of hydrogen-bond donors (Lipinski definition) is 3. The van der Waals surface area contributed by atoms with Gasteiger partial charge in [-0.1, -0.05) is 18.2 Å². The van der Waals surface area contributed by atoms with Crippen LogP contribution in [0, 0.1) is 0 Å². The molecule has 0 aliphatic carbocycles. The Morgan fingerprint density at radius 1 is 0.688 bits per heavy atom. The summed E-state index contributed by atoms with van der Waals surface area (Å²) in [6.07, 6.45) is 12.4. The summed E-state index contributed by atoms with van der Waals surface area (Å²) in [6, 6.07) is 0. The molecular formula is C9H16BN6-. The first kappa shape index (κ1) is 9.77. The van der Waals surface area contributed by atoms with Crippen molar-refractivity contribution in [2.75, 3.05) is 19.6 Å². The molecule has 0 saturated heterocycles. The van der Waals surface area contributed by atoms with Gasteiger partial charge in [0.05, 0.1) is 0 Å². The maximum Gasteiger partial charge on any atom is 0.239 e. The molecule has 3 aliphatic rings. The smallest absolute Gasteiger partial charge is 0.239 e. The molecule has 16 heavy (non-hydrogen) atoms. The number of hydrogen-bond acceptors (Lipinski definition) is 6. The second-order valence-electron chi connectivity index (χ2n) is 4.19. The molecule has 0 amide bonds. The van der Waals surface area contributed by atoms with Crippen molar-refractivity contribution in [2.45, 2.75) is 0 Å². The van der Waals surface area contributed by atoms with E-state index in [9.17, 15) is 0 Å². The minimum Gasteiger partial charge on any atom is -0.362 e. The first-order valence-electron chi connectivity index (χ1n) is 5.66. The van der Waals surface area contributed by atoms with Gasteiger partial charge < -0.3 is 31.0 Å². The van der Waals surface area contributed by atoms with Crippen molar-refractivity contribution in [1.82, 2.24) is 31.0 Å². The van der Waals surface area contributed by atoms with Gasteiger partial charge in [-0.25, -0.2) is 0 Å². The summed E-state index contributed by atoms with van der Waals surface area (Å²) >= 11 is 0. The Kier molecular flexibility index (Phi) is 2.57. The van der Waals surface area contributed by atoms with Crippen LogP contribution in [0.5, 0.6) is 0 Å². The van der Waals surface area contributed by atoms with Gasteiger partial charge in [0.15, 0.2) is 0 Å². The maximum atomic E-state index is 3.28. The zero-order valence-electron chi connectivity index (χ0n) is 9.13. The second-order valence-corrected chi connectivity index (χ2v) is 4.19. The maximum absolute atomic E-state index is 3.28. The standard InChI is InChI=1S/C9H16BN6/c1-4-11-14(7-1)10(15-8-2-5-12-15)16-9-3-6-13-16/h1-6,10-13H,7-9H2/q-1. The van der Waals surface area contributed by atoms with Gasteiger partial charge in [0.25, 0.3) is 0 Å². The van der Waals surface area contributed by atoms with Crippen molar-refractivity contribution in [2.24, 2.45) is 0 Å². The van der Waals surface area contributed by atoms with Crippen LogP contribution in [0.4, 0.5) is 0 Å². The highest BCUT2D eigenvalue weighted by Crippen LogP contribution is 2.09. The minimum absolute atomic E-state index is 0.792. The van der Waals surface area contributed by atoms with Crippen LogP contribution in [0.15, 0.2) is 36.8 Å². The average Bonchev–Trinajstić information content (AvgIpc) is 3.02. The largest absolute Gasteiger partial charge is 0.362 e. The third kappa shape index (κ3) is 1.69. The summed E-state index contributed by atoms with van der Waals surface area (Å²) in [5.74, 6) is 0. The Morgan fingerprint density at radius 3 is 1.31 bits per heavy atom. The molecule has 0 bridgehead atoms. The molecule has 7 heteroatoms. The molecule has 3 rings (SSSR count). The Hall–Kier alpha value is -1.44. The summed E-state index contributed by atoms with van der Waals surface area (Å²) in [5.41, 5.74) is 9.84. The van der Waals surface area contributed by atoms with Gasteiger partial charge in [0.2, 0.25) is 7.12 Å². The van der Waals surface area contributed by atoms with Crippen LogP contribution in [0.2, 0.25) is 0 Å². The summed E-state index contributed by atoms with van der Waals surface area (Å²) in [5, 5.41) is 0. The molecule has 0 unspecified atom stereocenters. The fourth-order valence-corrected chi connectivity index (χ4v) is 2.38. The van der Waals surface area contributed by atoms with Gasteiger partial charge in [0, 0.05) is 18.6 Å². The van der Waals surface area contributed by atoms with E-state index in [-0.39, 0.29) is 0 Å². The van der Waals surface area contributed by atoms with E-state index in [0.29, 0.717) is 0 Å². The molecule has 0 aromatic carbocycles. The number of hydrazine groups is 3. The lowest BCUT2D eigenvalue weighted by atomic mass is 9.89. The highest BCUT2D eigenvalue weighted by Gasteiger charge is 2.26. The van der Waals surface area contributed by atoms with Crippen LogP contribution in [0.1, 0.15) is 0 Å². The Labute approximate surface area is 95.3 Å². The van der Waals surface area contributed by atoms with E-state index in [1.54, 1.807) is 0 Å². The highest BCUT2D eigenvalue weighted by molar-refractivity contribution is 6.49. The van der Waals surface area contributed by atoms with E-state index in [4.69, 9.17) is 0 Å². The Bertz CT molecular complexity index is 265. The molecule has 0 saturated carbocycles. The van der Waals surface area contributed by atoms with E-state index in [1.807, 2.05) is 18.6 Å². The Balaban J connectivity index is 1.71. The van der Waals surface area contributed by atoms with Gasteiger partial charge in [-0.2, -0.15) is 0 Å². The van der Waals surface area contributed by atoms with Gasteiger partial charge in [-0.15, -0.1) is 0 Å². The summed E-state index contributed by atoms with van der Waals surface area (Å²) in [7, 11) is -0.792.